The summed E-state index contributed by atoms with van der Waals surface area (Å²) >= 11 is 0. The molecule has 0 aromatic heterocycles. The number of amides is 1. The SMILES string of the molecule is COc1ccccc1C(N)CC(=O)NN(C)C. The number of para-hydroxylation sites is 1. The lowest BCUT2D eigenvalue weighted by atomic mass is 10.0. The van der Waals surface area contributed by atoms with E-state index in [9.17, 15) is 4.79 Å². The van der Waals surface area contributed by atoms with Crippen LogP contribution in [0.3, 0.4) is 0 Å². The number of ether oxygens (including phenoxy) is 1. The summed E-state index contributed by atoms with van der Waals surface area (Å²) in [5, 5.41) is 1.59. The third-order valence-corrected chi connectivity index (χ3v) is 2.29. The standard InChI is InChI=1S/C12H19N3O2/c1-15(2)14-12(16)8-10(13)9-6-4-5-7-11(9)17-3/h4-7,10H,8,13H2,1-3H3,(H,14,16). The summed E-state index contributed by atoms with van der Waals surface area (Å²) in [4.78, 5) is 11.6. The molecule has 0 aliphatic heterocycles. The van der Waals surface area contributed by atoms with Crippen LogP contribution in [0.15, 0.2) is 24.3 Å². The first-order valence-electron chi connectivity index (χ1n) is 5.40. The van der Waals surface area contributed by atoms with Crippen LogP contribution in [0.2, 0.25) is 0 Å². The predicted octanol–water partition coefficient (Wildman–Crippen LogP) is 0.678. The van der Waals surface area contributed by atoms with Crippen molar-refractivity contribution in [2.45, 2.75) is 12.5 Å². The lowest BCUT2D eigenvalue weighted by molar-refractivity contribution is -0.125. The topological polar surface area (TPSA) is 67.6 Å². The smallest absolute Gasteiger partial charge is 0.236 e. The highest BCUT2D eigenvalue weighted by molar-refractivity contribution is 5.76. The van der Waals surface area contributed by atoms with Gasteiger partial charge in [-0.1, -0.05) is 18.2 Å². The molecule has 0 aliphatic rings. The Labute approximate surface area is 102 Å². The van der Waals surface area contributed by atoms with Crippen LogP contribution in [0.25, 0.3) is 0 Å². The van der Waals surface area contributed by atoms with Gasteiger partial charge in [0.1, 0.15) is 5.75 Å². The van der Waals surface area contributed by atoms with E-state index in [2.05, 4.69) is 5.43 Å². The lowest BCUT2D eigenvalue weighted by Crippen LogP contribution is -2.37. The zero-order chi connectivity index (χ0) is 12.8. The van der Waals surface area contributed by atoms with Gasteiger partial charge in [-0.25, -0.2) is 5.01 Å². The summed E-state index contributed by atoms with van der Waals surface area (Å²) in [6.45, 7) is 0. The van der Waals surface area contributed by atoms with Crippen LogP contribution in [0.5, 0.6) is 5.75 Å². The van der Waals surface area contributed by atoms with Crippen LogP contribution < -0.4 is 15.9 Å². The number of nitrogens with one attached hydrogen (secondary N) is 1. The Kier molecular flexibility index (Phi) is 4.93. The molecular weight excluding hydrogens is 218 g/mol. The van der Waals surface area contributed by atoms with Gasteiger partial charge in [0.2, 0.25) is 5.91 Å². The molecule has 0 saturated carbocycles. The van der Waals surface area contributed by atoms with E-state index in [1.54, 1.807) is 26.2 Å². The minimum absolute atomic E-state index is 0.117. The molecule has 5 heteroatoms. The molecule has 1 aromatic rings. The van der Waals surface area contributed by atoms with E-state index in [-0.39, 0.29) is 18.4 Å². The van der Waals surface area contributed by atoms with E-state index in [0.717, 1.165) is 5.56 Å². The third kappa shape index (κ3) is 4.05. The second-order valence-electron chi connectivity index (χ2n) is 3.98. The summed E-state index contributed by atoms with van der Waals surface area (Å²) in [5.74, 6) is 0.589. The average molecular weight is 237 g/mol. The minimum Gasteiger partial charge on any atom is -0.496 e. The van der Waals surface area contributed by atoms with Gasteiger partial charge < -0.3 is 10.5 Å². The number of nitrogens with zero attached hydrogens (tertiary/aromatic N) is 1. The fraction of sp³-hybridized carbons (Fsp3) is 0.417. The van der Waals surface area contributed by atoms with Gasteiger partial charge in [-0.2, -0.15) is 0 Å². The first-order valence-corrected chi connectivity index (χ1v) is 5.40. The molecule has 1 unspecified atom stereocenters. The average Bonchev–Trinajstić information content (AvgIpc) is 2.27. The van der Waals surface area contributed by atoms with Crippen LogP contribution in [-0.4, -0.2) is 32.1 Å². The van der Waals surface area contributed by atoms with E-state index in [4.69, 9.17) is 10.5 Å². The number of hydrogen-bond acceptors (Lipinski definition) is 4. The fourth-order valence-electron chi connectivity index (χ4n) is 1.58. The van der Waals surface area contributed by atoms with Crippen LogP contribution in [0.4, 0.5) is 0 Å². The first-order chi connectivity index (χ1) is 8.04. The van der Waals surface area contributed by atoms with Crippen molar-refractivity contribution in [1.29, 1.82) is 0 Å². The summed E-state index contributed by atoms with van der Waals surface area (Å²) in [6, 6.07) is 7.08. The van der Waals surface area contributed by atoms with E-state index < -0.39 is 0 Å². The highest BCUT2D eigenvalue weighted by Crippen LogP contribution is 2.24. The number of hydrazine groups is 1. The maximum absolute atomic E-state index is 11.6. The largest absolute Gasteiger partial charge is 0.496 e. The van der Waals surface area contributed by atoms with Crippen molar-refractivity contribution in [3.05, 3.63) is 29.8 Å². The molecule has 1 atom stereocenters. The van der Waals surface area contributed by atoms with Crippen LogP contribution in [-0.2, 0) is 4.79 Å². The van der Waals surface area contributed by atoms with Crippen molar-refractivity contribution in [2.75, 3.05) is 21.2 Å². The predicted molar refractivity (Wildman–Crippen MR) is 66.4 cm³/mol. The quantitative estimate of drug-likeness (QED) is 0.739. The van der Waals surface area contributed by atoms with Crippen molar-refractivity contribution < 1.29 is 9.53 Å². The Morgan fingerprint density at radius 2 is 2.12 bits per heavy atom. The maximum Gasteiger partial charge on any atom is 0.236 e. The van der Waals surface area contributed by atoms with Gasteiger partial charge >= 0.3 is 0 Å². The summed E-state index contributed by atoms with van der Waals surface area (Å²) in [7, 11) is 5.10. The van der Waals surface area contributed by atoms with Crippen LogP contribution in [0, 0.1) is 0 Å². The molecule has 1 amide bonds. The zero-order valence-electron chi connectivity index (χ0n) is 10.4. The van der Waals surface area contributed by atoms with Gasteiger partial charge in [0.05, 0.1) is 7.11 Å². The van der Waals surface area contributed by atoms with Crippen LogP contribution in [0.1, 0.15) is 18.0 Å². The van der Waals surface area contributed by atoms with Gasteiger partial charge in [0.15, 0.2) is 0 Å². The van der Waals surface area contributed by atoms with E-state index in [1.165, 1.54) is 0 Å². The molecule has 1 aromatic carbocycles. The maximum atomic E-state index is 11.6. The molecule has 0 radical (unpaired) electrons. The normalized spacial score (nSPS) is 12.3. The van der Waals surface area contributed by atoms with Gasteiger partial charge in [0.25, 0.3) is 0 Å². The molecule has 0 fully saturated rings. The van der Waals surface area contributed by atoms with Crippen LogP contribution >= 0.6 is 0 Å². The Morgan fingerprint density at radius 1 is 1.47 bits per heavy atom. The number of carbonyl (C=O) groups is 1. The molecule has 5 nitrogen and oxygen atoms in total. The molecule has 0 heterocycles. The Morgan fingerprint density at radius 3 is 2.71 bits per heavy atom. The summed E-state index contributed by atoms with van der Waals surface area (Å²) < 4.78 is 5.21. The van der Waals surface area contributed by atoms with Crippen molar-refractivity contribution >= 4 is 5.91 Å². The molecule has 94 valence electrons. The number of nitrogens with two attached hydrogens (primary N) is 1. The fourth-order valence-corrected chi connectivity index (χ4v) is 1.58. The molecule has 0 aliphatic carbocycles. The monoisotopic (exact) mass is 237 g/mol. The van der Waals surface area contributed by atoms with Gasteiger partial charge in [-0.15, -0.1) is 0 Å². The first kappa shape index (κ1) is 13.5. The number of hydrogen-bond donors (Lipinski definition) is 2. The zero-order valence-corrected chi connectivity index (χ0v) is 10.4. The Bertz CT molecular complexity index is 380. The van der Waals surface area contributed by atoms with Crippen molar-refractivity contribution in [2.24, 2.45) is 5.73 Å². The number of methoxy groups -OCH3 is 1. The Balaban J connectivity index is 2.69. The van der Waals surface area contributed by atoms with Gasteiger partial charge in [0, 0.05) is 32.1 Å². The second kappa shape index (κ2) is 6.22. The van der Waals surface area contributed by atoms with Crippen molar-refractivity contribution in [1.82, 2.24) is 10.4 Å². The molecule has 0 bridgehead atoms. The van der Waals surface area contributed by atoms with Crippen molar-refractivity contribution in [3.8, 4) is 5.75 Å². The van der Waals surface area contributed by atoms with E-state index in [1.807, 2.05) is 24.3 Å². The summed E-state index contributed by atoms with van der Waals surface area (Å²) in [6.07, 6.45) is 0.221. The molecular formula is C12H19N3O2. The molecule has 3 N–H and O–H groups in total. The third-order valence-electron chi connectivity index (χ3n) is 2.29. The highest BCUT2D eigenvalue weighted by atomic mass is 16.5. The highest BCUT2D eigenvalue weighted by Gasteiger charge is 2.15. The van der Waals surface area contributed by atoms with Crippen molar-refractivity contribution in [3.63, 3.8) is 0 Å². The minimum atomic E-state index is -0.369. The molecule has 0 saturated heterocycles. The molecule has 1 rings (SSSR count). The lowest BCUT2D eigenvalue weighted by Gasteiger charge is -2.17. The number of benzene rings is 1. The second-order valence-corrected chi connectivity index (χ2v) is 3.98. The van der Waals surface area contributed by atoms with E-state index in [0.29, 0.717) is 5.75 Å². The van der Waals surface area contributed by atoms with Gasteiger partial charge in [-0.3, -0.25) is 10.2 Å². The van der Waals surface area contributed by atoms with Gasteiger partial charge in [-0.05, 0) is 6.07 Å². The molecule has 0 spiro atoms. The summed E-state index contributed by atoms with van der Waals surface area (Å²) in [5.41, 5.74) is 9.48. The molecule has 17 heavy (non-hydrogen) atoms. The number of rotatable bonds is 5. The van der Waals surface area contributed by atoms with E-state index >= 15 is 0 Å². The Hall–Kier alpha value is -1.59. The number of carbonyl (C=O) groups excluding carboxylic acids is 1.